The molecule has 170 valence electrons. The molecule has 4 unspecified atom stereocenters. The van der Waals surface area contributed by atoms with E-state index in [0.29, 0.717) is 19.0 Å². The second kappa shape index (κ2) is 9.50. The van der Waals surface area contributed by atoms with Crippen molar-refractivity contribution >= 4 is 23.5 Å². The van der Waals surface area contributed by atoms with Crippen molar-refractivity contribution in [1.29, 1.82) is 0 Å². The number of aliphatic imine (C=N–C) groups is 1. The highest BCUT2D eigenvalue weighted by atomic mass is 16.6. The Balaban J connectivity index is 1.13. The zero-order valence-corrected chi connectivity index (χ0v) is 18.2. The summed E-state index contributed by atoms with van der Waals surface area (Å²) >= 11 is 0. The van der Waals surface area contributed by atoms with Gasteiger partial charge in [-0.3, -0.25) is 29.6 Å². The summed E-state index contributed by atoms with van der Waals surface area (Å²) in [5, 5.41) is 17.1. The minimum absolute atomic E-state index is 0.0205. The summed E-state index contributed by atoms with van der Waals surface area (Å²) in [4.78, 5) is 41.3. The molecule has 0 radical (unpaired) electrons. The Labute approximate surface area is 187 Å². The highest BCUT2D eigenvalue weighted by Crippen LogP contribution is 2.52. The van der Waals surface area contributed by atoms with Crippen molar-refractivity contribution in [2.24, 2.45) is 28.7 Å². The fraction of sp³-hybridized carbons (Fsp3) is 0.522. The van der Waals surface area contributed by atoms with E-state index in [-0.39, 0.29) is 41.2 Å². The molecule has 1 heterocycles. The van der Waals surface area contributed by atoms with Gasteiger partial charge in [0.15, 0.2) is 5.96 Å². The predicted octanol–water partition coefficient (Wildman–Crippen LogP) is 1.89. The summed E-state index contributed by atoms with van der Waals surface area (Å²) in [6.45, 7) is 1.54. The Morgan fingerprint density at radius 1 is 1.06 bits per heavy atom. The number of aryl methyl sites for hydroxylation is 1. The van der Waals surface area contributed by atoms with Crippen molar-refractivity contribution in [3.63, 3.8) is 0 Å². The van der Waals surface area contributed by atoms with Crippen LogP contribution in [0.4, 0.5) is 5.69 Å². The summed E-state index contributed by atoms with van der Waals surface area (Å²) in [7, 11) is 1.69. The summed E-state index contributed by atoms with van der Waals surface area (Å²) in [6.07, 6.45) is 7.86. The van der Waals surface area contributed by atoms with Gasteiger partial charge in [-0.1, -0.05) is 24.3 Å². The molecule has 1 aromatic carbocycles. The third-order valence-corrected chi connectivity index (χ3v) is 6.74. The van der Waals surface area contributed by atoms with Crippen molar-refractivity contribution in [2.75, 3.05) is 26.7 Å². The number of hydrogen-bond acceptors (Lipinski definition) is 5. The van der Waals surface area contributed by atoms with Gasteiger partial charge < -0.3 is 10.6 Å². The molecule has 1 saturated heterocycles. The normalized spacial score (nSPS) is 26.0. The van der Waals surface area contributed by atoms with E-state index >= 15 is 0 Å². The van der Waals surface area contributed by atoms with Gasteiger partial charge in [-0.2, -0.15) is 0 Å². The lowest BCUT2D eigenvalue weighted by Gasteiger charge is -2.18. The molecular weight excluding hydrogens is 410 g/mol. The fourth-order valence-corrected chi connectivity index (χ4v) is 5.14. The van der Waals surface area contributed by atoms with E-state index in [9.17, 15) is 19.7 Å². The van der Waals surface area contributed by atoms with Gasteiger partial charge in [0.25, 0.3) is 5.69 Å². The van der Waals surface area contributed by atoms with Gasteiger partial charge in [0.1, 0.15) is 0 Å². The zero-order valence-electron chi connectivity index (χ0n) is 18.2. The molecule has 9 heteroatoms. The monoisotopic (exact) mass is 439 g/mol. The third-order valence-electron chi connectivity index (χ3n) is 6.74. The number of nitro groups is 1. The van der Waals surface area contributed by atoms with Crippen molar-refractivity contribution in [3.05, 3.63) is 52.1 Å². The summed E-state index contributed by atoms with van der Waals surface area (Å²) in [5.41, 5.74) is 1.18. The molecule has 4 rings (SSSR count). The number of allylic oxidation sites excluding steroid dienone is 2. The first-order valence-corrected chi connectivity index (χ1v) is 11.2. The van der Waals surface area contributed by atoms with Crippen LogP contribution in [0.3, 0.4) is 0 Å². The quantitative estimate of drug-likeness (QED) is 0.115. The molecule has 0 spiro atoms. The number of carbonyl (C=O) groups is 2. The number of nitrogens with one attached hydrogen (secondary N) is 2. The Morgan fingerprint density at radius 3 is 2.28 bits per heavy atom. The van der Waals surface area contributed by atoms with Gasteiger partial charge in [0.05, 0.1) is 16.8 Å². The minimum atomic E-state index is -0.394. The SMILES string of the molecule is CN=C(NCCCCc1ccc([N+](=O)[O-])cc1)NCCN1C(=O)C2C3C=CC(C3)C2C1=O. The molecule has 9 nitrogen and oxygen atoms in total. The number of guanidine groups is 1. The van der Waals surface area contributed by atoms with Crippen LogP contribution in [-0.2, 0) is 16.0 Å². The molecule has 4 atom stereocenters. The number of fused-ring (bicyclic) bond motifs is 5. The molecule has 3 aliphatic rings. The van der Waals surface area contributed by atoms with Crippen molar-refractivity contribution in [2.45, 2.75) is 25.7 Å². The molecule has 1 aliphatic heterocycles. The number of benzene rings is 1. The van der Waals surface area contributed by atoms with Crippen LogP contribution >= 0.6 is 0 Å². The molecule has 1 aromatic rings. The van der Waals surface area contributed by atoms with Crippen LogP contribution in [0.25, 0.3) is 0 Å². The third kappa shape index (κ3) is 4.37. The molecule has 32 heavy (non-hydrogen) atoms. The lowest BCUT2D eigenvalue weighted by molar-refractivity contribution is -0.384. The molecule has 2 bridgehead atoms. The predicted molar refractivity (Wildman–Crippen MR) is 120 cm³/mol. The van der Waals surface area contributed by atoms with Crippen molar-refractivity contribution in [1.82, 2.24) is 15.5 Å². The molecule has 2 N–H and O–H groups in total. The van der Waals surface area contributed by atoms with Gasteiger partial charge in [0, 0.05) is 38.8 Å². The Bertz CT molecular complexity index is 912. The van der Waals surface area contributed by atoms with E-state index in [1.807, 2.05) is 0 Å². The summed E-state index contributed by atoms with van der Waals surface area (Å²) in [5.74, 6) is 0.776. The molecule has 0 aromatic heterocycles. The number of nitro benzene ring substituents is 1. The average molecular weight is 440 g/mol. The second-order valence-corrected chi connectivity index (χ2v) is 8.63. The summed E-state index contributed by atoms with van der Waals surface area (Å²) in [6, 6.07) is 6.65. The lowest BCUT2D eigenvalue weighted by Crippen LogP contribution is -2.43. The molecule has 1 saturated carbocycles. The maximum absolute atomic E-state index is 12.7. The van der Waals surface area contributed by atoms with E-state index in [2.05, 4.69) is 27.8 Å². The number of likely N-dealkylation sites (tertiary alicyclic amines) is 1. The van der Waals surface area contributed by atoms with Crippen LogP contribution in [0.5, 0.6) is 0 Å². The van der Waals surface area contributed by atoms with Gasteiger partial charge >= 0.3 is 0 Å². The standard InChI is InChI=1S/C23H29N5O4/c1-24-23(25-11-3-2-4-15-5-9-18(10-6-15)28(31)32)26-12-13-27-21(29)19-16-7-8-17(14-16)20(19)22(27)30/h5-10,16-17,19-20H,2-4,11-14H2,1H3,(H2,24,25,26). The number of imide groups is 1. The smallest absolute Gasteiger partial charge is 0.269 e. The Hall–Kier alpha value is -3.23. The van der Waals surface area contributed by atoms with Crippen LogP contribution in [0.15, 0.2) is 41.4 Å². The summed E-state index contributed by atoms with van der Waals surface area (Å²) < 4.78 is 0. The number of non-ortho nitro benzene ring substituents is 1. The first-order chi connectivity index (χ1) is 15.5. The largest absolute Gasteiger partial charge is 0.356 e. The maximum atomic E-state index is 12.7. The Morgan fingerprint density at radius 2 is 1.69 bits per heavy atom. The highest BCUT2D eigenvalue weighted by Gasteiger charge is 2.58. The highest BCUT2D eigenvalue weighted by molar-refractivity contribution is 6.06. The zero-order chi connectivity index (χ0) is 22.7. The van der Waals surface area contributed by atoms with Crippen LogP contribution in [-0.4, -0.2) is 54.3 Å². The van der Waals surface area contributed by atoms with E-state index < -0.39 is 4.92 Å². The van der Waals surface area contributed by atoms with Gasteiger partial charge in [-0.25, -0.2) is 0 Å². The van der Waals surface area contributed by atoms with Gasteiger partial charge in [-0.15, -0.1) is 0 Å². The molecule has 2 fully saturated rings. The van der Waals surface area contributed by atoms with E-state index in [1.165, 1.54) is 17.0 Å². The van der Waals surface area contributed by atoms with Crippen LogP contribution in [0.2, 0.25) is 0 Å². The van der Waals surface area contributed by atoms with Crippen molar-refractivity contribution in [3.8, 4) is 0 Å². The first kappa shape index (κ1) is 22.0. The van der Waals surface area contributed by atoms with E-state index in [4.69, 9.17) is 0 Å². The Kier molecular flexibility index (Phi) is 6.53. The first-order valence-electron chi connectivity index (χ1n) is 11.2. The minimum Gasteiger partial charge on any atom is -0.356 e. The molecule has 2 amide bonds. The van der Waals surface area contributed by atoms with Crippen LogP contribution in [0, 0.1) is 33.8 Å². The van der Waals surface area contributed by atoms with E-state index in [1.54, 1.807) is 19.2 Å². The molecule has 2 aliphatic carbocycles. The number of carbonyl (C=O) groups excluding carboxylic acids is 2. The number of nitrogens with zero attached hydrogens (tertiary/aromatic N) is 3. The molecular formula is C23H29N5O4. The number of rotatable bonds is 9. The maximum Gasteiger partial charge on any atom is 0.269 e. The average Bonchev–Trinajstić information content (AvgIpc) is 3.47. The second-order valence-electron chi connectivity index (χ2n) is 8.63. The number of amides is 2. The number of unbranched alkanes of at least 4 members (excludes halogenated alkanes) is 1. The van der Waals surface area contributed by atoms with Gasteiger partial charge in [0.2, 0.25) is 11.8 Å². The lowest BCUT2D eigenvalue weighted by atomic mass is 9.85. The fourth-order valence-electron chi connectivity index (χ4n) is 5.14. The van der Waals surface area contributed by atoms with Crippen LogP contribution in [0.1, 0.15) is 24.8 Å². The van der Waals surface area contributed by atoms with Gasteiger partial charge in [-0.05, 0) is 43.1 Å². The number of hydrogen-bond donors (Lipinski definition) is 2. The topological polar surface area (TPSA) is 117 Å². The van der Waals surface area contributed by atoms with E-state index in [0.717, 1.165) is 37.8 Å². The van der Waals surface area contributed by atoms with Crippen molar-refractivity contribution < 1.29 is 14.5 Å². The van der Waals surface area contributed by atoms with Crippen LogP contribution < -0.4 is 10.6 Å².